The Morgan fingerprint density at radius 2 is 1.81 bits per heavy atom. The number of methoxy groups -OCH3 is 2. The second kappa shape index (κ2) is 9.09. The minimum Gasteiger partial charge on any atom is -0.497 e. The maximum Gasteiger partial charge on any atom is 0.174 e. The van der Waals surface area contributed by atoms with Gasteiger partial charge in [-0.3, -0.25) is 0 Å². The highest BCUT2D eigenvalue weighted by Gasteiger charge is 2.41. The molecular weight excluding hydrogens is 410 g/mol. The summed E-state index contributed by atoms with van der Waals surface area (Å²) in [6.07, 6.45) is 1.93. The number of rotatable bonds is 6. The number of ether oxygens (including phenoxy) is 2. The first-order chi connectivity index (χ1) is 14.5. The van der Waals surface area contributed by atoms with E-state index in [4.69, 9.17) is 26.1 Å². The van der Waals surface area contributed by atoms with E-state index in [0.29, 0.717) is 17.4 Å². The summed E-state index contributed by atoms with van der Waals surface area (Å²) in [6, 6.07) is 9.90. The second-order valence-electron chi connectivity index (χ2n) is 9.59. The summed E-state index contributed by atoms with van der Waals surface area (Å²) < 4.78 is 16.8. The molecule has 0 unspecified atom stereocenters. The minimum absolute atomic E-state index is 0.00693. The molecule has 7 heteroatoms. The van der Waals surface area contributed by atoms with Crippen LogP contribution in [0.4, 0.5) is 5.69 Å². The first-order valence-corrected chi connectivity index (χ1v) is 11.1. The number of thiocarbonyl (C=S) groups is 1. The molecule has 0 spiro atoms. The molecule has 2 heterocycles. The number of nitrogens with zero attached hydrogens (tertiary/aromatic N) is 1. The van der Waals surface area contributed by atoms with E-state index in [-0.39, 0.29) is 17.1 Å². The topological polar surface area (TPSA) is 58.9 Å². The largest absolute Gasteiger partial charge is 0.497 e. The molecule has 0 amide bonds. The zero-order chi connectivity index (χ0) is 22.8. The Hall–Kier alpha value is -2.25. The number of aryl methyl sites for hydroxylation is 1. The average Bonchev–Trinajstić information content (AvgIpc) is 3.08. The molecule has 170 valence electrons. The Balaban J connectivity index is 1.91. The molecule has 1 aromatic carbocycles. The van der Waals surface area contributed by atoms with E-state index in [9.17, 15) is 0 Å². The van der Waals surface area contributed by atoms with Gasteiger partial charge in [-0.15, -0.1) is 0 Å². The molecule has 0 atom stereocenters. The average molecular weight is 446 g/mol. The van der Waals surface area contributed by atoms with Crippen LogP contribution in [0.2, 0.25) is 0 Å². The molecule has 0 radical (unpaired) electrons. The monoisotopic (exact) mass is 445 g/mol. The first-order valence-electron chi connectivity index (χ1n) is 10.7. The Labute approximate surface area is 191 Å². The zero-order valence-electron chi connectivity index (χ0n) is 19.7. The van der Waals surface area contributed by atoms with Gasteiger partial charge in [-0.2, -0.15) is 0 Å². The Kier molecular flexibility index (Phi) is 6.86. The van der Waals surface area contributed by atoms with Crippen LogP contribution in [0.3, 0.4) is 0 Å². The highest BCUT2D eigenvalue weighted by Crippen LogP contribution is 2.34. The normalized spacial score (nSPS) is 17.8. The van der Waals surface area contributed by atoms with Crippen LogP contribution in [-0.4, -0.2) is 41.4 Å². The van der Waals surface area contributed by atoms with Crippen molar-refractivity contribution in [3.8, 4) is 11.5 Å². The highest BCUT2D eigenvalue weighted by molar-refractivity contribution is 7.80. The molecule has 0 bridgehead atoms. The molecule has 2 N–H and O–H groups in total. The second-order valence-corrected chi connectivity index (χ2v) is 9.98. The van der Waals surface area contributed by atoms with Crippen LogP contribution in [-0.2, 0) is 6.54 Å². The van der Waals surface area contributed by atoms with Gasteiger partial charge >= 0.3 is 0 Å². The Morgan fingerprint density at radius 3 is 2.35 bits per heavy atom. The molecule has 2 aromatic rings. The van der Waals surface area contributed by atoms with Crippen molar-refractivity contribution in [1.82, 2.24) is 10.2 Å². The van der Waals surface area contributed by atoms with E-state index in [1.807, 2.05) is 37.3 Å². The van der Waals surface area contributed by atoms with Gasteiger partial charge in [0.15, 0.2) is 5.11 Å². The van der Waals surface area contributed by atoms with Gasteiger partial charge in [0.05, 0.1) is 26.5 Å². The molecule has 1 saturated heterocycles. The van der Waals surface area contributed by atoms with Crippen molar-refractivity contribution in [2.45, 2.75) is 71.1 Å². The molecule has 1 aliphatic rings. The van der Waals surface area contributed by atoms with Gasteiger partial charge in [0.1, 0.15) is 23.0 Å². The number of anilines is 1. The van der Waals surface area contributed by atoms with Gasteiger partial charge in [0.2, 0.25) is 0 Å². The van der Waals surface area contributed by atoms with Crippen molar-refractivity contribution < 1.29 is 13.9 Å². The summed E-state index contributed by atoms with van der Waals surface area (Å²) in [5.74, 6) is 3.24. The number of benzene rings is 1. The van der Waals surface area contributed by atoms with Gasteiger partial charge in [-0.1, -0.05) is 0 Å². The zero-order valence-corrected chi connectivity index (χ0v) is 20.5. The molecule has 0 saturated carbocycles. The molecule has 1 aromatic heterocycles. The molecule has 6 nitrogen and oxygen atoms in total. The number of hydrogen-bond donors (Lipinski definition) is 2. The van der Waals surface area contributed by atoms with Crippen molar-refractivity contribution in [1.29, 1.82) is 0 Å². The molecule has 3 rings (SSSR count). The Bertz CT molecular complexity index is 907. The highest BCUT2D eigenvalue weighted by atomic mass is 32.1. The number of furan rings is 1. The predicted molar refractivity (Wildman–Crippen MR) is 129 cm³/mol. The van der Waals surface area contributed by atoms with Gasteiger partial charge < -0.3 is 29.4 Å². The quantitative estimate of drug-likeness (QED) is 0.599. The number of piperidine rings is 1. The van der Waals surface area contributed by atoms with Crippen LogP contribution in [0.1, 0.15) is 52.1 Å². The van der Waals surface area contributed by atoms with Gasteiger partial charge in [-0.25, -0.2) is 0 Å². The molecule has 1 aliphatic heterocycles. The predicted octanol–water partition coefficient (Wildman–Crippen LogP) is 5.11. The number of hydrogen-bond acceptors (Lipinski definition) is 5. The lowest BCUT2D eigenvalue weighted by molar-refractivity contribution is 0.0981. The molecular formula is C24H35N3O3S. The van der Waals surface area contributed by atoms with Crippen molar-refractivity contribution in [2.24, 2.45) is 0 Å². The smallest absolute Gasteiger partial charge is 0.174 e. The van der Waals surface area contributed by atoms with Gasteiger partial charge in [0.25, 0.3) is 0 Å². The van der Waals surface area contributed by atoms with Crippen LogP contribution in [0, 0.1) is 6.92 Å². The first kappa shape index (κ1) is 23.4. The third kappa shape index (κ3) is 5.92. The SMILES string of the molecule is COc1ccc(OC)c(NC(=S)N(Cc2ccc(C)o2)C2CC(C)(C)NC(C)(C)C2)c1. The lowest BCUT2D eigenvalue weighted by atomic mass is 9.79. The van der Waals surface area contributed by atoms with Gasteiger partial charge in [-0.05, 0) is 83.9 Å². The van der Waals surface area contributed by atoms with Crippen molar-refractivity contribution in [3.05, 3.63) is 41.9 Å². The summed E-state index contributed by atoms with van der Waals surface area (Å²) in [4.78, 5) is 2.25. The summed E-state index contributed by atoms with van der Waals surface area (Å²) >= 11 is 5.94. The van der Waals surface area contributed by atoms with Crippen LogP contribution >= 0.6 is 12.2 Å². The maximum absolute atomic E-state index is 5.94. The minimum atomic E-state index is -0.00693. The maximum atomic E-state index is 5.94. The lowest BCUT2D eigenvalue weighted by Crippen LogP contribution is -2.63. The summed E-state index contributed by atoms with van der Waals surface area (Å²) in [5.41, 5.74) is 0.764. The third-order valence-electron chi connectivity index (χ3n) is 5.64. The van der Waals surface area contributed by atoms with Crippen LogP contribution < -0.4 is 20.1 Å². The van der Waals surface area contributed by atoms with Crippen molar-refractivity contribution >= 4 is 23.0 Å². The summed E-state index contributed by atoms with van der Waals surface area (Å²) in [7, 11) is 3.30. The van der Waals surface area contributed by atoms with Crippen molar-refractivity contribution in [3.63, 3.8) is 0 Å². The molecule has 1 fully saturated rings. The summed E-state index contributed by atoms with van der Waals surface area (Å²) in [6.45, 7) is 11.6. The standard InChI is InChI=1S/C24H35N3O3S/c1-16-8-9-19(30-16)15-27(17-13-23(2,3)26-24(4,5)14-17)22(31)25-20-12-18(28-6)10-11-21(20)29-7/h8-12,17,26H,13-15H2,1-7H3,(H,25,31). The Morgan fingerprint density at radius 1 is 1.13 bits per heavy atom. The van der Waals surface area contributed by atoms with E-state index >= 15 is 0 Å². The van der Waals surface area contributed by atoms with E-state index in [2.05, 4.69) is 43.2 Å². The van der Waals surface area contributed by atoms with Crippen LogP contribution in [0.5, 0.6) is 11.5 Å². The fourth-order valence-electron chi connectivity index (χ4n) is 4.69. The number of nitrogens with one attached hydrogen (secondary N) is 2. The van der Waals surface area contributed by atoms with E-state index in [1.54, 1.807) is 14.2 Å². The summed E-state index contributed by atoms with van der Waals surface area (Å²) in [5, 5.41) is 7.80. The van der Waals surface area contributed by atoms with Crippen LogP contribution in [0.15, 0.2) is 34.7 Å². The van der Waals surface area contributed by atoms with Crippen LogP contribution in [0.25, 0.3) is 0 Å². The van der Waals surface area contributed by atoms with Crippen molar-refractivity contribution in [2.75, 3.05) is 19.5 Å². The van der Waals surface area contributed by atoms with E-state index in [1.165, 1.54) is 0 Å². The van der Waals surface area contributed by atoms with E-state index in [0.717, 1.165) is 35.8 Å². The van der Waals surface area contributed by atoms with Gasteiger partial charge in [0, 0.05) is 23.2 Å². The van der Waals surface area contributed by atoms with E-state index < -0.39 is 0 Å². The fourth-order valence-corrected chi connectivity index (χ4v) is 5.02. The third-order valence-corrected chi connectivity index (χ3v) is 5.98. The molecule has 0 aliphatic carbocycles. The lowest BCUT2D eigenvalue weighted by Gasteiger charge is -2.50. The fraction of sp³-hybridized carbons (Fsp3) is 0.542. The molecule has 31 heavy (non-hydrogen) atoms.